The van der Waals surface area contributed by atoms with E-state index in [0.717, 1.165) is 44.6 Å². The quantitative estimate of drug-likeness (QED) is 0.0874. The normalized spacial score (nSPS) is 17.1. The second-order valence-corrected chi connectivity index (χ2v) is 28.4. The van der Waals surface area contributed by atoms with Crippen LogP contribution in [0.2, 0.25) is 15.1 Å². The molecule has 2 unspecified atom stereocenters. The molecule has 3 aliphatic heterocycles. The van der Waals surface area contributed by atoms with Gasteiger partial charge >= 0.3 is 20.4 Å². The third kappa shape index (κ3) is 16.5. The van der Waals surface area contributed by atoms with Gasteiger partial charge in [-0.1, -0.05) is 42.2 Å². The number of carbonyl (C=O) groups excluding carboxylic acids is 3. The molecule has 12 rings (SSSR count). The van der Waals surface area contributed by atoms with E-state index < -0.39 is 72.0 Å². The van der Waals surface area contributed by atoms with Crippen LogP contribution >= 0.6 is 68.8 Å². The highest BCUT2D eigenvalue weighted by molar-refractivity contribution is 7.88. The molecule has 0 spiro atoms. The van der Waals surface area contributed by atoms with E-state index in [1.165, 1.54) is 142 Å². The maximum atomic E-state index is 13.3. The van der Waals surface area contributed by atoms with Crippen LogP contribution in [-0.4, -0.2) is 109 Å². The Morgan fingerprint density at radius 3 is 1.47 bits per heavy atom. The molecule has 0 bridgehead atoms. The number of nitrogens with zero attached hydrogens (tertiary/aromatic N) is 8. The molecule has 3 aliphatic rings. The first-order valence-electron chi connectivity index (χ1n) is 25.6. The molecule has 5 N–H and O–H groups in total. The Labute approximate surface area is 550 Å². The first-order chi connectivity index (χ1) is 43.1. The van der Waals surface area contributed by atoms with Gasteiger partial charge in [0.15, 0.2) is 42.2 Å². The van der Waals surface area contributed by atoms with Crippen molar-refractivity contribution in [2.24, 2.45) is 8.80 Å². The number of Topliss-reactive ketones (excluding diaryl/α,β-unsaturated/α-hetero) is 1. The van der Waals surface area contributed by atoms with Crippen LogP contribution in [0.1, 0.15) is 41.4 Å². The van der Waals surface area contributed by atoms with Crippen LogP contribution in [0, 0.1) is 17.5 Å². The van der Waals surface area contributed by atoms with Gasteiger partial charge in [-0.05, 0) is 110 Å². The number of allylic oxidation sites excluding steroid dienone is 3. The number of amides is 2. The van der Waals surface area contributed by atoms with Gasteiger partial charge in [0.25, 0.3) is 16.1 Å². The van der Waals surface area contributed by atoms with Crippen LogP contribution in [0.4, 0.5) is 30.2 Å². The van der Waals surface area contributed by atoms with E-state index in [2.05, 4.69) is 39.1 Å². The number of nitrogens with two attached hydrogens (primary N) is 1. The Bertz CT molecular complexity index is 4700. The van der Waals surface area contributed by atoms with Crippen molar-refractivity contribution >= 4 is 146 Å². The summed E-state index contributed by atoms with van der Waals surface area (Å²) in [5.74, 6) is -1.61. The minimum absolute atomic E-state index is 0. The zero-order chi connectivity index (χ0) is 65.7. The number of benzene rings is 3. The van der Waals surface area contributed by atoms with E-state index in [1.807, 2.05) is 6.07 Å². The molecule has 1 saturated heterocycles. The van der Waals surface area contributed by atoms with Gasteiger partial charge in [0, 0.05) is 50.0 Å². The average Bonchev–Trinajstić information content (AvgIpc) is 1.17. The Balaban J connectivity index is 0.000000167. The number of hydrogen-bond acceptors (Lipinski definition) is 19. The number of nitrogen functional groups attached to an aromatic ring is 1. The standard InChI is InChI=1S/C18H16ClFN4O4S2.C18H12ClFN4O4S2.C13H11N3O4S2.C6H5ClFN.CH4/c2*1-24-14(18(25)22-10-2-3-12(20)11(19)6-10)7-13(23-30(24,26)27)16-4-5-17(29-16)15-8-21-9-28-15;1-8(17)10-5-9(15-22(18,19)16(10)2)12-3-4-13(21-12)11-6-14-7-20-11;7-5-3-4(9)1-2-6(5)8;/h2-6,8-9,13-14,23H,7H2,1H3,(H,22,25);2-9H,1H3,(H,22,25);3-7H,1-2H3;1-3H,9H2;1H4. The summed E-state index contributed by atoms with van der Waals surface area (Å²) >= 11 is 20.7. The SMILES string of the molecule is C.CC(=O)C1=CC(c2ccc(-c3cnco3)s2)=NS(=O)(=O)N1C.CN1C(C(=O)Nc2ccc(F)c(Cl)c2)=CC(c2ccc(-c3cnco3)s2)=NS1(=O)=O.CN1C(C(=O)Nc2ccc(F)c(Cl)c2)CC(c2ccc(-c3cnco3)s2)NS1(=O)=O.Nc1ccc(F)c(Cl)c1. The van der Waals surface area contributed by atoms with Crippen LogP contribution in [0.5, 0.6) is 0 Å². The Morgan fingerprint density at radius 1 is 0.598 bits per heavy atom. The molecule has 92 heavy (non-hydrogen) atoms. The van der Waals surface area contributed by atoms with Gasteiger partial charge in [-0.25, -0.2) is 32.4 Å². The average molecular weight is 1440 g/mol. The number of anilines is 3. The molecular formula is C56H48Cl3F3N12O12S6. The second-order valence-electron chi connectivity index (χ2n) is 18.9. The van der Waals surface area contributed by atoms with Gasteiger partial charge in [0.1, 0.15) is 29.2 Å². The van der Waals surface area contributed by atoms with Crippen LogP contribution < -0.4 is 21.1 Å². The van der Waals surface area contributed by atoms with E-state index in [0.29, 0.717) is 32.7 Å². The van der Waals surface area contributed by atoms with Crippen molar-refractivity contribution in [3.05, 3.63) is 199 Å². The van der Waals surface area contributed by atoms with Gasteiger partial charge in [0.05, 0.1) is 81.2 Å². The number of nitrogens with one attached hydrogen (secondary N) is 3. The van der Waals surface area contributed by atoms with Crippen molar-refractivity contribution in [1.29, 1.82) is 0 Å². The van der Waals surface area contributed by atoms with Crippen LogP contribution in [0.15, 0.2) is 174 Å². The summed E-state index contributed by atoms with van der Waals surface area (Å²) in [6, 6.07) is 20.4. The van der Waals surface area contributed by atoms with Crippen molar-refractivity contribution in [3.63, 3.8) is 0 Å². The molecule has 0 radical (unpaired) electrons. The highest BCUT2D eigenvalue weighted by atomic mass is 35.5. The Morgan fingerprint density at radius 2 is 1.02 bits per heavy atom. The molecule has 24 nitrogen and oxygen atoms in total. The van der Waals surface area contributed by atoms with Crippen molar-refractivity contribution in [1.82, 2.24) is 32.6 Å². The summed E-state index contributed by atoms with van der Waals surface area (Å²) in [5, 5.41) is 4.86. The summed E-state index contributed by atoms with van der Waals surface area (Å²) in [6.45, 7) is 1.31. The lowest BCUT2D eigenvalue weighted by Gasteiger charge is -2.35. The van der Waals surface area contributed by atoms with E-state index in [4.69, 9.17) is 53.8 Å². The molecule has 6 aromatic heterocycles. The Kier molecular flexibility index (Phi) is 22.0. The number of rotatable bonds is 11. The highest BCUT2D eigenvalue weighted by Gasteiger charge is 2.41. The van der Waals surface area contributed by atoms with Gasteiger partial charge in [-0.15, -0.1) is 42.8 Å². The highest BCUT2D eigenvalue weighted by Crippen LogP contribution is 2.38. The first-order valence-corrected chi connectivity index (χ1v) is 33.5. The summed E-state index contributed by atoms with van der Waals surface area (Å²) in [7, 11) is -8.07. The smallest absolute Gasteiger partial charge is 0.345 e. The van der Waals surface area contributed by atoms with Crippen LogP contribution in [0.25, 0.3) is 31.9 Å². The minimum Gasteiger partial charge on any atom is -0.443 e. The Hall–Kier alpha value is -8.35. The van der Waals surface area contributed by atoms with Crippen molar-refractivity contribution < 1.29 is 66.1 Å². The predicted molar refractivity (Wildman–Crippen MR) is 346 cm³/mol. The number of thiophene rings is 3. The predicted octanol–water partition coefficient (Wildman–Crippen LogP) is 11.7. The zero-order valence-corrected chi connectivity index (χ0v) is 54.1. The third-order valence-electron chi connectivity index (χ3n) is 12.8. The fourth-order valence-corrected chi connectivity index (χ4v) is 14.9. The summed E-state index contributed by atoms with van der Waals surface area (Å²) < 4.78 is 142. The van der Waals surface area contributed by atoms with Crippen molar-refractivity contribution in [2.45, 2.75) is 32.9 Å². The number of likely N-dealkylation sites (N-methyl/N-ethyl adjacent to an activating group) is 3. The fourth-order valence-electron chi connectivity index (χ4n) is 8.16. The molecule has 36 heteroatoms. The lowest BCUT2D eigenvalue weighted by atomic mass is 10.1. The van der Waals surface area contributed by atoms with Crippen LogP contribution in [-0.2, 0) is 45.0 Å². The molecule has 482 valence electrons. The maximum absolute atomic E-state index is 13.3. The topological polar surface area (TPSA) is 328 Å². The van der Waals surface area contributed by atoms with Gasteiger partial charge in [-0.3, -0.25) is 18.7 Å². The molecule has 9 heterocycles. The molecule has 2 amide bonds. The minimum atomic E-state index is -4.13. The largest absolute Gasteiger partial charge is 0.443 e. The molecule has 0 aliphatic carbocycles. The summed E-state index contributed by atoms with van der Waals surface area (Å²) in [4.78, 5) is 52.9. The van der Waals surface area contributed by atoms with Crippen molar-refractivity contribution in [3.8, 4) is 31.9 Å². The lowest BCUT2D eigenvalue weighted by molar-refractivity contribution is -0.120. The van der Waals surface area contributed by atoms with E-state index >= 15 is 0 Å². The van der Waals surface area contributed by atoms with Gasteiger partial charge in [-0.2, -0.15) is 34.3 Å². The molecule has 0 saturated carbocycles. The van der Waals surface area contributed by atoms with E-state index in [9.17, 15) is 52.8 Å². The number of aromatic nitrogens is 3. The molecule has 3 aromatic carbocycles. The van der Waals surface area contributed by atoms with Crippen molar-refractivity contribution in [2.75, 3.05) is 37.5 Å². The molecular weight excluding hydrogens is 1390 g/mol. The monoisotopic (exact) mass is 1430 g/mol. The van der Waals surface area contributed by atoms with E-state index in [-0.39, 0.29) is 68.9 Å². The number of oxazole rings is 3. The molecule has 2 atom stereocenters. The zero-order valence-electron chi connectivity index (χ0n) is 46.9. The van der Waals surface area contributed by atoms with Gasteiger partial charge < -0.3 is 29.6 Å². The van der Waals surface area contributed by atoms with Gasteiger partial charge in [0.2, 0.25) is 5.91 Å². The summed E-state index contributed by atoms with van der Waals surface area (Å²) in [5.41, 5.74) is 6.50. The lowest BCUT2D eigenvalue weighted by Crippen LogP contribution is -2.55. The van der Waals surface area contributed by atoms with E-state index in [1.54, 1.807) is 42.7 Å². The molecule has 1 fully saturated rings. The first kappa shape index (κ1) is 69.5. The maximum Gasteiger partial charge on any atom is 0.345 e. The number of ketones is 1. The number of hydrogen-bond donors (Lipinski definition) is 4. The number of halogens is 6. The fraction of sp³-hybridized carbons (Fsp3) is 0.143. The van der Waals surface area contributed by atoms with Crippen LogP contribution in [0.3, 0.4) is 0 Å². The summed E-state index contributed by atoms with van der Waals surface area (Å²) in [6.07, 6.45) is 11.6. The third-order valence-corrected chi connectivity index (χ3v) is 21.4. The number of carbonyl (C=O) groups is 3. The second kappa shape index (κ2) is 29.1. The molecule has 9 aromatic rings.